The van der Waals surface area contributed by atoms with Crippen LogP contribution in [0.2, 0.25) is 0 Å². The maximum Gasteiger partial charge on any atom is 0.307 e. The van der Waals surface area contributed by atoms with Gasteiger partial charge in [-0.3, -0.25) is 9.79 Å². The van der Waals surface area contributed by atoms with E-state index in [1.54, 1.807) is 0 Å². The zero-order chi connectivity index (χ0) is 20.3. The zero-order valence-corrected chi connectivity index (χ0v) is 19.8. The monoisotopic (exact) mass is 533 g/mol. The Bertz CT molecular complexity index is 697. The lowest BCUT2D eigenvalue weighted by Gasteiger charge is -2.14. The van der Waals surface area contributed by atoms with E-state index >= 15 is 0 Å². The van der Waals surface area contributed by atoms with E-state index in [9.17, 15) is 4.79 Å². The molecule has 1 aliphatic carbocycles. The predicted molar refractivity (Wildman–Crippen MR) is 126 cm³/mol. The number of halogens is 1. The van der Waals surface area contributed by atoms with Crippen LogP contribution in [0, 0.1) is 5.92 Å². The summed E-state index contributed by atoms with van der Waals surface area (Å²) in [6, 6.07) is 5.71. The first-order valence-electron chi connectivity index (χ1n) is 10.3. The topological polar surface area (TPSA) is 90.4 Å². The highest BCUT2D eigenvalue weighted by molar-refractivity contribution is 14.0. The normalized spacial score (nSPS) is 15.6. The predicted octanol–water partition coefficient (Wildman–Crippen LogP) is 3.20. The van der Waals surface area contributed by atoms with Gasteiger partial charge in [0.2, 0.25) is 0 Å². The van der Waals surface area contributed by atoms with Crippen LogP contribution in [-0.2, 0) is 14.3 Å². The van der Waals surface area contributed by atoms with Crippen LogP contribution in [0.25, 0.3) is 0 Å². The summed E-state index contributed by atoms with van der Waals surface area (Å²) in [5.41, 5.74) is 0.837. The van der Waals surface area contributed by atoms with Crippen LogP contribution in [-0.4, -0.2) is 58.6 Å². The molecular weight excluding hydrogens is 501 g/mol. The van der Waals surface area contributed by atoms with Gasteiger partial charge in [0.1, 0.15) is 0 Å². The van der Waals surface area contributed by atoms with Gasteiger partial charge in [-0.15, -0.1) is 24.0 Å². The Morgan fingerprint density at radius 3 is 2.80 bits per heavy atom. The highest BCUT2D eigenvalue weighted by atomic mass is 127. The lowest BCUT2D eigenvalue weighted by atomic mass is 10.2. The number of hydrogen-bond donors (Lipinski definition) is 2. The Morgan fingerprint density at radius 1 is 1.23 bits per heavy atom. The fourth-order valence-corrected chi connectivity index (χ4v) is 2.79. The molecule has 0 spiro atoms. The van der Waals surface area contributed by atoms with E-state index in [0.717, 1.165) is 42.6 Å². The maximum absolute atomic E-state index is 11.4. The van der Waals surface area contributed by atoms with Gasteiger partial charge in [-0.2, -0.15) is 0 Å². The fraction of sp³-hybridized carbons (Fsp3) is 0.619. The molecule has 1 aromatic rings. The van der Waals surface area contributed by atoms with Crippen LogP contribution >= 0.6 is 24.0 Å². The van der Waals surface area contributed by atoms with E-state index in [1.165, 1.54) is 20.0 Å². The van der Waals surface area contributed by atoms with Crippen LogP contribution < -0.4 is 20.1 Å². The molecule has 3 rings (SSSR count). The first-order valence-corrected chi connectivity index (χ1v) is 10.3. The molecule has 2 aliphatic rings. The van der Waals surface area contributed by atoms with Crippen molar-refractivity contribution in [3.8, 4) is 11.5 Å². The minimum absolute atomic E-state index is 0. The van der Waals surface area contributed by atoms with Crippen LogP contribution in [0.15, 0.2) is 23.2 Å². The van der Waals surface area contributed by atoms with E-state index in [2.05, 4.69) is 20.4 Å². The number of anilines is 1. The van der Waals surface area contributed by atoms with Crippen molar-refractivity contribution >= 4 is 41.6 Å². The number of fused-ring (bicyclic) bond motifs is 1. The number of aliphatic imine (C=N–C) groups is 1. The molecular formula is C21H32IN3O5. The van der Waals surface area contributed by atoms with Gasteiger partial charge in [0.25, 0.3) is 0 Å². The SMILES string of the molecule is COC(=O)CCNC(=NCCCOCC1CC1)Nc1ccc2c(c1)OCCCO2.I. The molecule has 0 amide bonds. The van der Waals surface area contributed by atoms with Crippen LogP contribution in [0.4, 0.5) is 5.69 Å². The maximum atomic E-state index is 11.4. The third-order valence-electron chi connectivity index (χ3n) is 4.63. The van der Waals surface area contributed by atoms with Gasteiger partial charge >= 0.3 is 5.97 Å². The standard InChI is InChI=1S/C21H31N3O5.HI/c1-26-20(25)8-10-23-21(22-9-2-11-27-15-16-4-5-16)24-17-6-7-18-19(14-17)29-13-3-12-28-18;/h6-7,14,16H,2-5,8-13,15H2,1H3,(H2,22,23,24);1H. The van der Waals surface area contributed by atoms with Crippen molar-refractivity contribution in [3.63, 3.8) is 0 Å². The Balaban J connectivity index is 0.00000320. The number of carbonyl (C=O) groups excluding carboxylic acids is 1. The summed E-state index contributed by atoms with van der Waals surface area (Å²) in [5.74, 6) is 2.58. The molecule has 9 heteroatoms. The van der Waals surface area contributed by atoms with Crippen molar-refractivity contribution in [2.75, 3.05) is 51.9 Å². The third-order valence-corrected chi connectivity index (χ3v) is 4.63. The molecule has 8 nitrogen and oxygen atoms in total. The largest absolute Gasteiger partial charge is 0.490 e. The molecule has 2 N–H and O–H groups in total. The van der Waals surface area contributed by atoms with Crippen molar-refractivity contribution < 1.29 is 23.7 Å². The summed E-state index contributed by atoms with van der Waals surface area (Å²) in [5, 5.41) is 6.44. The van der Waals surface area contributed by atoms with Gasteiger partial charge in [-0.05, 0) is 37.3 Å². The van der Waals surface area contributed by atoms with Gasteiger partial charge < -0.3 is 29.6 Å². The second-order valence-corrected chi connectivity index (χ2v) is 7.19. The fourth-order valence-electron chi connectivity index (χ4n) is 2.79. The average Bonchev–Trinajstić information content (AvgIpc) is 3.57. The average molecular weight is 533 g/mol. The number of nitrogens with zero attached hydrogens (tertiary/aromatic N) is 1. The molecule has 168 valence electrons. The summed E-state index contributed by atoms with van der Waals surface area (Å²) in [7, 11) is 1.38. The van der Waals surface area contributed by atoms with Gasteiger partial charge in [-0.1, -0.05) is 0 Å². The summed E-state index contributed by atoms with van der Waals surface area (Å²) in [6.07, 6.45) is 4.57. The van der Waals surface area contributed by atoms with Gasteiger partial charge in [0, 0.05) is 44.5 Å². The second kappa shape index (κ2) is 13.5. The van der Waals surface area contributed by atoms with Gasteiger partial charge in [0.05, 0.1) is 26.7 Å². The van der Waals surface area contributed by atoms with Crippen LogP contribution in [0.5, 0.6) is 11.5 Å². The molecule has 1 heterocycles. The van der Waals surface area contributed by atoms with E-state index in [-0.39, 0.29) is 36.4 Å². The Labute approximate surface area is 195 Å². The number of hydrogen-bond acceptors (Lipinski definition) is 6. The number of nitrogens with one attached hydrogen (secondary N) is 2. The van der Waals surface area contributed by atoms with E-state index in [0.29, 0.717) is 38.9 Å². The van der Waals surface area contributed by atoms with Gasteiger partial charge in [-0.25, -0.2) is 0 Å². The van der Waals surface area contributed by atoms with Crippen molar-refractivity contribution in [2.45, 2.75) is 32.1 Å². The van der Waals surface area contributed by atoms with Gasteiger partial charge in [0.15, 0.2) is 17.5 Å². The molecule has 0 aromatic heterocycles. The summed E-state index contributed by atoms with van der Waals surface area (Å²) in [4.78, 5) is 16.0. The minimum atomic E-state index is -0.263. The van der Waals surface area contributed by atoms with Crippen molar-refractivity contribution in [1.29, 1.82) is 0 Å². The van der Waals surface area contributed by atoms with Crippen molar-refractivity contribution in [1.82, 2.24) is 5.32 Å². The second-order valence-electron chi connectivity index (χ2n) is 7.19. The first kappa shape index (κ1) is 24.5. The van der Waals surface area contributed by atoms with Crippen LogP contribution in [0.1, 0.15) is 32.1 Å². The highest BCUT2D eigenvalue weighted by Gasteiger charge is 2.20. The molecule has 0 unspecified atom stereocenters. The molecule has 0 atom stereocenters. The minimum Gasteiger partial charge on any atom is -0.490 e. The lowest BCUT2D eigenvalue weighted by Crippen LogP contribution is -2.33. The van der Waals surface area contributed by atoms with Crippen molar-refractivity contribution in [3.05, 3.63) is 18.2 Å². The molecule has 1 aromatic carbocycles. The highest BCUT2D eigenvalue weighted by Crippen LogP contribution is 2.32. The summed E-state index contributed by atoms with van der Waals surface area (Å²) in [6.45, 7) is 3.92. The quantitative estimate of drug-likeness (QED) is 0.157. The third kappa shape index (κ3) is 8.95. The summed E-state index contributed by atoms with van der Waals surface area (Å²) < 4.78 is 21.8. The van der Waals surface area contributed by atoms with Crippen LogP contribution in [0.3, 0.4) is 0 Å². The molecule has 1 saturated carbocycles. The zero-order valence-electron chi connectivity index (χ0n) is 17.5. The molecule has 0 radical (unpaired) electrons. The Morgan fingerprint density at radius 2 is 2.03 bits per heavy atom. The number of rotatable bonds is 10. The summed E-state index contributed by atoms with van der Waals surface area (Å²) >= 11 is 0. The Kier molecular flexibility index (Phi) is 11.1. The number of guanidine groups is 1. The molecule has 30 heavy (non-hydrogen) atoms. The van der Waals surface area contributed by atoms with Crippen molar-refractivity contribution in [2.24, 2.45) is 10.9 Å². The molecule has 1 aliphatic heterocycles. The lowest BCUT2D eigenvalue weighted by molar-refractivity contribution is -0.140. The van der Waals surface area contributed by atoms with E-state index in [1.807, 2.05) is 18.2 Å². The number of ether oxygens (including phenoxy) is 4. The number of carbonyl (C=O) groups is 1. The molecule has 0 bridgehead atoms. The number of esters is 1. The van der Waals surface area contributed by atoms with E-state index < -0.39 is 0 Å². The molecule has 0 saturated heterocycles. The number of methoxy groups -OCH3 is 1. The van der Waals surface area contributed by atoms with E-state index in [4.69, 9.17) is 14.2 Å². The molecule has 1 fully saturated rings. The number of benzene rings is 1. The smallest absolute Gasteiger partial charge is 0.307 e. The Hall–Kier alpha value is -1.75. The first-order chi connectivity index (χ1) is 14.2.